The van der Waals surface area contributed by atoms with E-state index in [0.29, 0.717) is 19.1 Å². The van der Waals surface area contributed by atoms with Gasteiger partial charge in [-0.2, -0.15) is 0 Å². The molecule has 2 aromatic rings. The maximum atomic E-state index is 10.5. The molecule has 0 saturated carbocycles. The van der Waals surface area contributed by atoms with Gasteiger partial charge in [-0.3, -0.25) is 0 Å². The SMILES string of the molecule is CC(C)NCC(O)Cn1c2c(c3cc(Br)ccc31)=CC(C)(Br)CC=2. The van der Waals surface area contributed by atoms with E-state index in [2.05, 4.69) is 92.9 Å². The van der Waals surface area contributed by atoms with Crippen LogP contribution in [-0.4, -0.2) is 32.7 Å². The van der Waals surface area contributed by atoms with Crippen molar-refractivity contribution < 1.29 is 5.11 Å². The van der Waals surface area contributed by atoms with Crippen molar-refractivity contribution in [1.29, 1.82) is 0 Å². The monoisotopic (exact) mass is 454 g/mol. The molecule has 24 heavy (non-hydrogen) atoms. The first-order chi connectivity index (χ1) is 11.3. The topological polar surface area (TPSA) is 37.2 Å². The van der Waals surface area contributed by atoms with Gasteiger partial charge in [0.05, 0.1) is 12.6 Å². The number of aliphatic hydroxyl groups excluding tert-OH is 1. The molecule has 2 N–H and O–H groups in total. The predicted molar refractivity (Wildman–Crippen MR) is 109 cm³/mol. The molecule has 0 saturated heterocycles. The molecule has 0 spiro atoms. The number of alkyl halides is 1. The van der Waals surface area contributed by atoms with Crippen LogP contribution in [0.4, 0.5) is 0 Å². The van der Waals surface area contributed by atoms with Crippen LogP contribution in [0.15, 0.2) is 22.7 Å². The lowest BCUT2D eigenvalue weighted by Gasteiger charge is -2.19. The van der Waals surface area contributed by atoms with E-state index in [1.807, 2.05) is 0 Å². The number of aliphatic hydroxyl groups is 1. The van der Waals surface area contributed by atoms with E-state index in [1.54, 1.807) is 0 Å². The first-order valence-electron chi connectivity index (χ1n) is 8.38. The molecule has 0 radical (unpaired) electrons. The Kier molecular flexibility index (Phi) is 5.26. The number of benzene rings is 1. The van der Waals surface area contributed by atoms with Gasteiger partial charge in [0.2, 0.25) is 0 Å². The highest BCUT2D eigenvalue weighted by molar-refractivity contribution is 9.10. The largest absolute Gasteiger partial charge is 0.390 e. The molecule has 3 nitrogen and oxygen atoms in total. The number of hydrogen-bond donors (Lipinski definition) is 2. The van der Waals surface area contributed by atoms with Gasteiger partial charge in [-0.05, 0) is 31.5 Å². The molecule has 5 heteroatoms. The Balaban J connectivity index is 2.09. The molecule has 1 aromatic carbocycles. The average Bonchev–Trinajstić information content (AvgIpc) is 2.77. The molecule has 2 unspecified atom stereocenters. The van der Waals surface area contributed by atoms with Crippen LogP contribution in [0.1, 0.15) is 27.2 Å². The number of nitrogens with one attached hydrogen (secondary N) is 1. The van der Waals surface area contributed by atoms with Gasteiger partial charge in [0, 0.05) is 42.9 Å². The lowest BCUT2D eigenvalue weighted by Crippen LogP contribution is -2.40. The summed E-state index contributed by atoms with van der Waals surface area (Å²) in [5.74, 6) is 0. The van der Waals surface area contributed by atoms with Crippen molar-refractivity contribution in [1.82, 2.24) is 9.88 Å². The first-order valence-corrected chi connectivity index (χ1v) is 9.96. The summed E-state index contributed by atoms with van der Waals surface area (Å²) in [4.78, 5) is 0. The van der Waals surface area contributed by atoms with Crippen molar-refractivity contribution in [3.63, 3.8) is 0 Å². The lowest BCUT2D eigenvalue weighted by atomic mass is 10.0. The van der Waals surface area contributed by atoms with E-state index < -0.39 is 6.10 Å². The summed E-state index contributed by atoms with van der Waals surface area (Å²) >= 11 is 7.39. The van der Waals surface area contributed by atoms with Crippen molar-refractivity contribution in [3.8, 4) is 0 Å². The number of nitrogens with zero attached hydrogens (tertiary/aromatic N) is 1. The number of hydrogen-bond acceptors (Lipinski definition) is 2. The Morgan fingerprint density at radius 2 is 2.12 bits per heavy atom. The fraction of sp³-hybridized carbons (Fsp3) is 0.474. The summed E-state index contributed by atoms with van der Waals surface area (Å²) in [5.41, 5.74) is 1.17. The second-order valence-corrected chi connectivity index (χ2v) is 9.85. The van der Waals surface area contributed by atoms with Crippen LogP contribution in [0, 0.1) is 0 Å². The highest BCUT2D eigenvalue weighted by Crippen LogP contribution is 2.27. The zero-order chi connectivity index (χ0) is 17.5. The number of rotatable bonds is 5. The van der Waals surface area contributed by atoms with Crippen LogP contribution in [-0.2, 0) is 6.54 Å². The highest BCUT2D eigenvalue weighted by atomic mass is 79.9. The second-order valence-electron chi connectivity index (χ2n) is 7.12. The molecular weight excluding hydrogens is 432 g/mol. The van der Waals surface area contributed by atoms with E-state index in [1.165, 1.54) is 21.5 Å². The van der Waals surface area contributed by atoms with Crippen LogP contribution in [0.25, 0.3) is 23.1 Å². The van der Waals surface area contributed by atoms with Gasteiger partial charge in [-0.25, -0.2) is 0 Å². The molecule has 0 fully saturated rings. The van der Waals surface area contributed by atoms with Crippen LogP contribution in [0.5, 0.6) is 0 Å². The maximum absolute atomic E-state index is 10.5. The summed E-state index contributed by atoms with van der Waals surface area (Å²) in [5, 5.41) is 17.5. The van der Waals surface area contributed by atoms with Crippen molar-refractivity contribution >= 4 is 54.9 Å². The summed E-state index contributed by atoms with van der Waals surface area (Å²) in [6.45, 7) is 7.57. The van der Waals surface area contributed by atoms with Crippen molar-refractivity contribution in [2.45, 2.75) is 50.2 Å². The molecule has 1 aromatic heterocycles. The van der Waals surface area contributed by atoms with Gasteiger partial charge in [0.1, 0.15) is 0 Å². The fourth-order valence-corrected chi connectivity index (χ4v) is 4.00. The van der Waals surface area contributed by atoms with E-state index in [-0.39, 0.29) is 4.32 Å². The number of halogens is 2. The molecule has 1 heterocycles. The molecule has 0 amide bonds. The molecule has 1 aliphatic rings. The normalized spacial score (nSPS) is 21.5. The zero-order valence-electron chi connectivity index (χ0n) is 14.3. The molecule has 1 aliphatic carbocycles. The first kappa shape index (κ1) is 18.2. The maximum Gasteiger partial charge on any atom is 0.0843 e. The summed E-state index contributed by atoms with van der Waals surface area (Å²) < 4.78 is 3.31. The van der Waals surface area contributed by atoms with Gasteiger partial charge in [-0.1, -0.05) is 57.9 Å². The Bertz CT molecular complexity index is 868. The van der Waals surface area contributed by atoms with Crippen LogP contribution in [0.3, 0.4) is 0 Å². The standard InChI is InChI=1S/C19H24Br2N2O/c1-12(2)22-10-14(24)11-23-17-5-4-13(20)8-15(17)16-9-19(3,21)7-6-18(16)23/h4-6,8-9,12,14,22,24H,7,10-11H2,1-3H3. The Morgan fingerprint density at radius 3 is 2.83 bits per heavy atom. The Morgan fingerprint density at radius 1 is 1.38 bits per heavy atom. The van der Waals surface area contributed by atoms with Crippen LogP contribution < -0.4 is 15.9 Å². The third-order valence-corrected chi connectivity index (χ3v) is 5.45. The zero-order valence-corrected chi connectivity index (χ0v) is 17.5. The van der Waals surface area contributed by atoms with Crippen molar-refractivity contribution in [2.75, 3.05) is 6.54 Å². The third-order valence-electron chi connectivity index (χ3n) is 4.40. The molecule has 2 atom stereocenters. The highest BCUT2D eigenvalue weighted by Gasteiger charge is 2.22. The number of aromatic nitrogens is 1. The van der Waals surface area contributed by atoms with Gasteiger partial charge >= 0.3 is 0 Å². The molecule has 0 aliphatic heterocycles. The molecule has 130 valence electrons. The quantitative estimate of drug-likeness (QED) is 0.680. The minimum atomic E-state index is -0.415. The van der Waals surface area contributed by atoms with Crippen molar-refractivity contribution in [3.05, 3.63) is 33.2 Å². The molecule has 0 bridgehead atoms. The second kappa shape index (κ2) is 6.94. The Hall–Kier alpha value is -0.620. The van der Waals surface area contributed by atoms with E-state index >= 15 is 0 Å². The minimum absolute atomic E-state index is 0.0146. The van der Waals surface area contributed by atoms with Gasteiger partial charge < -0.3 is 15.0 Å². The molecule has 3 rings (SSSR count). The van der Waals surface area contributed by atoms with E-state index in [4.69, 9.17) is 0 Å². The van der Waals surface area contributed by atoms with Crippen LogP contribution >= 0.6 is 31.9 Å². The van der Waals surface area contributed by atoms with Crippen molar-refractivity contribution in [2.24, 2.45) is 0 Å². The number of fused-ring (bicyclic) bond motifs is 3. The van der Waals surface area contributed by atoms with Gasteiger partial charge in [-0.15, -0.1) is 0 Å². The minimum Gasteiger partial charge on any atom is -0.390 e. The van der Waals surface area contributed by atoms with Crippen LogP contribution in [0.2, 0.25) is 0 Å². The summed E-state index contributed by atoms with van der Waals surface area (Å²) in [6.07, 6.45) is 5.10. The summed E-state index contributed by atoms with van der Waals surface area (Å²) in [7, 11) is 0. The smallest absolute Gasteiger partial charge is 0.0843 e. The van der Waals surface area contributed by atoms with Gasteiger partial charge in [0.15, 0.2) is 0 Å². The fourth-order valence-electron chi connectivity index (χ4n) is 3.24. The van der Waals surface area contributed by atoms with Gasteiger partial charge in [0.25, 0.3) is 0 Å². The third kappa shape index (κ3) is 3.79. The van der Waals surface area contributed by atoms with E-state index in [0.717, 1.165) is 10.9 Å². The van der Waals surface area contributed by atoms with E-state index in [9.17, 15) is 5.11 Å². The Labute approximate surface area is 159 Å². The molecular formula is C19H24Br2N2O. The summed E-state index contributed by atoms with van der Waals surface area (Å²) in [6, 6.07) is 6.74. The predicted octanol–water partition coefficient (Wildman–Crippen LogP) is 2.88. The average molecular weight is 456 g/mol. The lowest BCUT2D eigenvalue weighted by molar-refractivity contribution is 0.149.